The predicted octanol–water partition coefficient (Wildman–Crippen LogP) is 2.83. The molecule has 3 rings (SSSR count). The number of piperidine rings is 1. The zero-order valence-corrected chi connectivity index (χ0v) is 13.6. The summed E-state index contributed by atoms with van der Waals surface area (Å²) in [6.07, 6.45) is 0.337. The second-order valence-corrected chi connectivity index (χ2v) is 7.67. The molecule has 1 aliphatic rings. The Morgan fingerprint density at radius 1 is 1.00 bits per heavy atom. The van der Waals surface area contributed by atoms with E-state index in [-0.39, 0.29) is 35.4 Å². The zero-order chi connectivity index (χ0) is 17.2. The fourth-order valence-electron chi connectivity index (χ4n) is 2.87. The molecule has 1 aliphatic heterocycles. The van der Waals surface area contributed by atoms with Crippen molar-refractivity contribution >= 4 is 21.5 Å². The fraction of sp³-hybridized carbons (Fsp3) is 0.235. The van der Waals surface area contributed by atoms with Crippen molar-refractivity contribution in [2.75, 3.05) is 13.1 Å². The van der Waals surface area contributed by atoms with Crippen molar-refractivity contribution in [1.82, 2.24) is 4.31 Å². The van der Waals surface area contributed by atoms with Gasteiger partial charge in [0.15, 0.2) is 0 Å². The van der Waals surface area contributed by atoms with Crippen molar-refractivity contribution in [2.45, 2.75) is 17.2 Å². The molecular formula is C17H16N2O4S. The van der Waals surface area contributed by atoms with Crippen molar-refractivity contribution in [3.05, 3.63) is 65.1 Å². The minimum absolute atomic E-state index is 0.0522. The molecule has 6 nitrogen and oxygen atoms in total. The third kappa shape index (κ3) is 3.27. The first kappa shape index (κ1) is 16.5. The lowest BCUT2D eigenvalue weighted by atomic mass is 9.91. The van der Waals surface area contributed by atoms with E-state index in [1.54, 1.807) is 0 Å². The van der Waals surface area contributed by atoms with E-state index in [0.717, 1.165) is 5.56 Å². The van der Waals surface area contributed by atoms with E-state index in [0.29, 0.717) is 6.42 Å². The number of carbonyl (C=O) groups is 1. The molecule has 0 spiro atoms. The zero-order valence-electron chi connectivity index (χ0n) is 12.8. The van der Waals surface area contributed by atoms with Gasteiger partial charge in [0.2, 0.25) is 10.0 Å². The highest BCUT2D eigenvalue weighted by Gasteiger charge is 2.34. The first-order valence-electron chi connectivity index (χ1n) is 7.51. The summed E-state index contributed by atoms with van der Waals surface area (Å²) in [5, 5.41) is 2.76. The molecule has 124 valence electrons. The first-order chi connectivity index (χ1) is 11.5. The van der Waals surface area contributed by atoms with Crippen molar-refractivity contribution in [3.8, 4) is 0 Å². The molecule has 1 atom stereocenters. The summed E-state index contributed by atoms with van der Waals surface area (Å²) in [5.41, 5.74) is 1.11. The van der Waals surface area contributed by atoms with E-state index in [1.165, 1.54) is 28.6 Å². The maximum absolute atomic E-state index is 12.8. The molecule has 0 amide bonds. The number of sulfonamides is 1. The Bertz CT molecular complexity index is 848. The third-order valence-electron chi connectivity index (χ3n) is 4.10. The lowest BCUT2D eigenvalue weighted by Crippen LogP contribution is -2.43. The number of benzene rings is 2. The molecule has 0 bridgehead atoms. The summed E-state index contributed by atoms with van der Waals surface area (Å²) in [6.45, 7) is 0.130. The van der Waals surface area contributed by atoms with Crippen LogP contribution >= 0.6 is 0 Å². The molecule has 1 fully saturated rings. The van der Waals surface area contributed by atoms with Gasteiger partial charge in [0.05, 0.1) is 11.4 Å². The van der Waals surface area contributed by atoms with E-state index < -0.39 is 10.0 Å². The molecular weight excluding hydrogens is 328 g/mol. The van der Waals surface area contributed by atoms with Gasteiger partial charge in [-0.15, -0.1) is 4.91 Å². The minimum atomic E-state index is -3.79. The van der Waals surface area contributed by atoms with Crippen LogP contribution in [0.25, 0.3) is 0 Å². The number of carbonyl (C=O) groups excluding carboxylic acids is 1. The molecule has 0 saturated carbocycles. The van der Waals surface area contributed by atoms with Gasteiger partial charge in [0.1, 0.15) is 11.5 Å². The van der Waals surface area contributed by atoms with Crippen LogP contribution in [0.3, 0.4) is 0 Å². The first-order valence-corrected chi connectivity index (χ1v) is 8.95. The second-order valence-electron chi connectivity index (χ2n) is 5.73. The van der Waals surface area contributed by atoms with E-state index in [2.05, 4.69) is 5.18 Å². The molecule has 1 heterocycles. The lowest BCUT2D eigenvalue weighted by Gasteiger charge is -2.31. The Kier molecular flexibility index (Phi) is 4.55. The smallest absolute Gasteiger partial charge is 0.243 e. The third-order valence-corrected chi connectivity index (χ3v) is 5.93. The second kappa shape index (κ2) is 6.62. The number of nitroso groups, excluding NO2 is 1. The van der Waals surface area contributed by atoms with Crippen molar-refractivity contribution in [2.24, 2.45) is 5.18 Å². The van der Waals surface area contributed by atoms with Gasteiger partial charge in [-0.25, -0.2) is 8.42 Å². The van der Waals surface area contributed by atoms with Crippen LogP contribution in [0.4, 0.5) is 5.69 Å². The van der Waals surface area contributed by atoms with Gasteiger partial charge in [-0.1, -0.05) is 30.3 Å². The van der Waals surface area contributed by atoms with Gasteiger partial charge in [0.25, 0.3) is 0 Å². The quantitative estimate of drug-likeness (QED) is 0.798. The highest BCUT2D eigenvalue weighted by Crippen LogP contribution is 2.29. The summed E-state index contributed by atoms with van der Waals surface area (Å²) in [7, 11) is -3.79. The van der Waals surface area contributed by atoms with Gasteiger partial charge in [-0.2, -0.15) is 4.31 Å². The SMILES string of the molecule is O=Nc1ccc(S(=O)(=O)N2CC(=O)CC(c3ccccc3)C2)cc1. The van der Waals surface area contributed by atoms with Gasteiger partial charge < -0.3 is 0 Å². The highest BCUT2D eigenvalue weighted by molar-refractivity contribution is 7.89. The molecule has 2 aromatic rings. The summed E-state index contributed by atoms with van der Waals surface area (Å²) in [5.74, 6) is -0.261. The molecule has 7 heteroatoms. The topological polar surface area (TPSA) is 83.9 Å². The Morgan fingerprint density at radius 3 is 2.29 bits per heavy atom. The number of ketones is 1. The Labute approximate surface area is 140 Å². The molecule has 0 N–H and O–H groups in total. The van der Waals surface area contributed by atoms with E-state index in [9.17, 15) is 18.1 Å². The van der Waals surface area contributed by atoms with Gasteiger partial charge >= 0.3 is 0 Å². The molecule has 0 aromatic heterocycles. The minimum Gasteiger partial charge on any atom is -0.298 e. The maximum atomic E-state index is 12.8. The summed E-state index contributed by atoms with van der Waals surface area (Å²) in [6, 6.07) is 14.8. The number of hydrogen-bond acceptors (Lipinski definition) is 5. The van der Waals surface area contributed by atoms with Crippen molar-refractivity contribution in [1.29, 1.82) is 0 Å². The number of rotatable bonds is 4. The largest absolute Gasteiger partial charge is 0.298 e. The van der Waals surface area contributed by atoms with Gasteiger partial charge in [-0.05, 0) is 35.0 Å². The van der Waals surface area contributed by atoms with E-state index in [4.69, 9.17) is 0 Å². The predicted molar refractivity (Wildman–Crippen MR) is 89.5 cm³/mol. The van der Waals surface area contributed by atoms with Gasteiger partial charge in [-0.3, -0.25) is 4.79 Å². The molecule has 1 saturated heterocycles. The Hall–Kier alpha value is -2.38. The van der Waals surface area contributed by atoms with Crippen LogP contribution in [0.1, 0.15) is 17.9 Å². The monoisotopic (exact) mass is 344 g/mol. The maximum Gasteiger partial charge on any atom is 0.243 e. The van der Waals surface area contributed by atoms with E-state index >= 15 is 0 Å². The lowest BCUT2D eigenvalue weighted by molar-refractivity contribution is -0.121. The fourth-order valence-corrected chi connectivity index (χ4v) is 4.34. The summed E-state index contributed by atoms with van der Waals surface area (Å²) < 4.78 is 26.8. The van der Waals surface area contributed by atoms with Crippen LogP contribution in [0.2, 0.25) is 0 Å². The number of hydrogen-bond donors (Lipinski definition) is 0. The average molecular weight is 344 g/mol. The number of Topliss-reactive ketones (excluding diaryl/α,β-unsaturated/α-hetero) is 1. The standard InChI is InChI=1S/C17H16N2O4S/c20-16-10-14(13-4-2-1-3-5-13)11-19(12-16)24(22,23)17-8-6-15(18-21)7-9-17/h1-9,14H,10-12H2. The number of nitrogens with zero attached hydrogens (tertiary/aromatic N) is 2. The molecule has 0 radical (unpaired) electrons. The van der Waals surface area contributed by atoms with Crippen molar-refractivity contribution in [3.63, 3.8) is 0 Å². The molecule has 24 heavy (non-hydrogen) atoms. The normalized spacial score (nSPS) is 19.2. The average Bonchev–Trinajstić information content (AvgIpc) is 2.62. The van der Waals surface area contributed by atoms with Crippen LogP contribution in [0, 0.1) is 4.91 Å². The molecule has 2 aromatic carbocycles. The van der Waals surface area contributed by atoms with Crippen LogP contribution in [0.15, 0.2) is 64.7 Å². The Morgan fingerprint density at radius 2 is 1.67 bits per heavy atom. The van der Waals surface area contributed by atoms with E-state index in [1.807, 2.05) is 30.3 Å². The molecule has 0 aliphatic carbocycles. The van der Waals surface area contributed by atoms with Gasteiger partial charge in [0, 0.05) is 18.9 Å². The van der Waals surface area contributed by atoms with Crippen LogP contribution in [0.5, 0.6) is 0 Å². The van der Waals surface area contributed by atoms with Crippen molar-refractivity contribution < 1.29 is 13.2 Å². The highest BCUT2D eigenvalue weighted by atomic mass is 32.2. The van der Waals surface area contributed by atoms with Crippen LogP contribution in [-0.4, -0.2) is 31.6 Å². The Balaban J connectivity index is 1.89. The summed E-state index contributed by atoms with van der Waals surface area (Å²) in [4.78, 5) is 22.6. The molecule has 1 unspecified atom stereocenters. The van der Waals surface area contributed by atoms with Crippen LogP contribution in [-0.2, 0) is 14.8 Å². The van der Waals surface area contributed by atoms with Crippen LogP contribution < -0.4 is 0 Å². The summed E-state index contributed by atoms with van der Waals surface area (Å²) >= 11 is 0.